The third-order valence-electron chi connectivity index (χ3n) is 3.63. The van der Waals surface area contributed by atoms with E-state index in [1.54, 1.807) is 10.9 Å². The van der Waals surface area contributed by atoms with Crippen LogP contribution < -0.4 is 10.5 Å². The Balaban J connectivity index is 2.12. The van der Waals surface area contributed by atoms with Crippen molar-refractivity contribution in [2.45, 2.75) is 6.04 Å². The van der Waals surface area contributed by atoms with Crippen LogP contribution in [0.2, 0.25) is 0 Å². The first kappa shape index (κ1) is 15.6. The van der Waals surface area contributed by atoms with Gasteiger partial charge in [-0.25, -0.2) is 9.78 Å². The summed E-state index contributed by atoms with van der Waals surface area (Å²) in [5.41, 5.74) is 7.89. The van der Waals surface area contributed by atoms with Gasteiger partial charge in [-0.2, -0.15) is 0 Å². The van der Waals surface area contributed by atoms with Crippen molar-refractivity contribution in [1.29, 1.82) is 0 Å². The second-order valence-corrected chi connectivity index (χ2v) is 5.12. The number of nitrogens with two attached hydrogens (primary N) is 1. The Morgan fingerprint density at radius 3 is 2.08 bits per heavy atom. The average molecular weight is 323 g/mol. The number of hydrogen-bond donors (Lipinski definition) is 1. The quantitative estimate of drug-likeness (QED) is 0.746. The highest BCUT2D eigenvalue weighted by Crippen LogP contribution is 2.33. The Kier molecular flexibility index (Phi) is 4.47. The lowest BCUT2D eigenvalue weighted by molar-refractivity contribution is 0.118. The lowest BCUT2D eigenvalue weighted by Gasteiger charge is -2.21. The first-order valence-electron chi connectivity index (χ1n) is 7.38. The fourth-order valence-corrected chi connectivity index (χ4v) is 2.56. The standard InChI is InChI=1S/C18H17N3O3/c1-23-18(22)24-17-16(19)20-12-21(17)15(13-8-4-2-5-9-13)14-10-6-3-7-11-14/h2-12,15H,19H2,1H3. The van der Waals surface area contributed by atoms with E-state index in [0.29, 0.717) is 0 Å². The molecule has 2 aromatic carbocycles. The van der Waals surface area contributed by atoms with Gasteiger partial charge >= 0.3 is 6.16 Å². The van der Waals surface area contributed by atoms with E-state index < -0.39 is 6.16 Å². The number of anilines is 1. The predicted molar refractivity (Wildman–Crippen MR) is 89.8 cm³/mol. The lowest BCUT2D eigenvalue weighted by atomic mass is 9.98. The van der Waals surface area contributed by atoms with Gasteiger partial charge in [-0.1, -0.05) is 60.7 Å². The maximum Gasteiger partial charge on any atom is 0.514 e. The molecule has 0 amide bonds. The number of carbonyl (C=O) groups excluding carboxylic acids is 1. The van der Waals surface area contributed by atoms with Crippen LogP contribution in [-0.4, -0.2) is 22.8 Å². The minimum Gasteiger partial charge on any atom is -0.437 e. The number of ether oxygens (including phenoxy) is 2. The van der Waals surface area contributed by atoms with Crippen LogP contribution in [-0.2, 0) is 4.74 Å². The number of methoxy groups -OCH3 is 1. The Hall–Kier alpha value is -3.28. The van der Waals surface area contributed by atoms with E-state index >= 15 is 0 Å². The molecule has 0 saturated heterocycles. The summed E-state index contributed by atoms with van der Waals surface area (Å²) in [6, 6.07) is 19.4. The largest absolute Gasteiger partial charge is 0.514 e. The van der Waals surface area contributed by atoms with E-state index in [1.165, 1.54) is 7.11 Å². The van der Waals surface area contributed by atoms with Gasteiger partial charge < -0.3 is 15.2 Å². The predicted octanol–water partition coefficient (Wildman–Crippen LogP) is 3.25. The molecular formula is C18H17N3O3. The van der Waals surface area contributed by atoms with Crippen LogP contribution in [0.4, 0.5) is 10.6 Å². The molecule has 2 N–H and O–H groups in total. The van der Waals surface area contributed by atoms with E-state index in [-0.39, 0.29) is 17.7 Å². The van der Waals surface area contributed by atoms with Crippen molar-refractivity contribution in [2.24, 2.45) is 0 Å². The zero-order valence-corrected chi connectivity index (χ0v) is 13.1. The fraction of sp³-hybridized carbons (Fsp3) is 0.111. The normalized spacial score (nSPS) is 10.6. The zero-order valence-electron chi connectivity index (χ0n) is 13.1. The first-order valence-corrected chi connectivity index (χ1v) is 7.38. The molecule has 6 heteroatoms. The highest BCUT2D eigenvalue weighted by molar-refractivity contribution is 5.65. The molecule has 122 valence electrons. The number of hydrogen-bond acceptors (Lipinski definition) is 5. The van der Waals surface area contributed by atoms with Crippen LogP contribution in [0.1, 0.15) is 17.2 Å². The van der Waals surface area contributed by atoms with Crippen molar-refractivity contribution in [3.63, 3.8) is 0 Å². The minimum absolute atomic E-state index is 0.122. The van der Waals surface area contributed by atoms with Crippen molar-refractivity contribution in [2.75, 3.05) is 12.8 Å². The number of nitrogen functional groups attached to an aromatic ring is 1. The van der Waals surface area contributed by atoms with E-state index in [4.69, 9.17) is 10.5 Å². The van der Waals surface area contributed by atoms with Crippen molar-refractivity contribution in [3.05, 3.63) is 78.1 Å². The molecule has 0 saturated carbocycles. The van der Waals surface area contributed by atoms with Crippen LogP contribution in [0.3, 0.4) is 0 Å². The smallest absolute Gasteiger partial charge is 0.437 e. The molecule has 0 radical (unpaired) electrons. The summed E-state index contributed by atoms with van der Waals surface area (Å²) in [7, 11) is 1.24. The van der Waals surface area contributed by atoms with Gasteiger partial charge in [0.1, 0.15) is 6.33 Å². The molecule has 0 aliphatic carbocycles. The molecular weight excluding hydrogens is 306 g/mol. The lowest BCUT2D eigenvalue weighted by Crippen LogP contribution is -2.17. The molecule has 0 fully saturated rings. The van der Waals surface area contributed by atoms with Crippen LogP contribution in [0.15, 0.2) is 67.0 Å². The maximum absolute atomic E-state index is 11.5. The van der Waals surface area contributed by atoms with Crippen LogP contribution in [0.25, 0.3) is 0 Å². The summed E-state index contributed by atoms with van der Waals surface area (Å²) in [6.07, 6.45) is 0.710. The van der Waals surface area contributed by atoms with Crippen molar-refractivity contribution in [3.8, 4) is 5.88 Å². The summed E-state index contributed by atoms with van der Waals surface area (Å²) in [4.78, 5) is 15.6. The summed E-state index contributed by atoms with van der Waals surface area (Å²) in [5, 5.41) is 0. The van der Waals surface area contributed by atoms with Crippen LogP contribution >= 0.6 is 0 Å². The van der Waals surface area contributed by atoms with Crippen LogP contribution in [0.5, 0.6) is 5.88 Å². The summed E-state index contributed by atoms with van der Waals surface area (Å²) < 4.78 is 11.5. The van der Waals surface area contributed by atoms with Gasteiger partial charge in [-0.15, -0.1) is 0 Å². The number of rotatable bonds is 4. The van der Waals surface area contributed by atoms with Gasteiger partial charge in [0.2, 0.25) is 0 Å². The van der Waals surface area contributed by atoms with Gasteiger partial charge in [0.05, 0.1) is 13.2 Å². The van der Waals surface area contributed by atoms with E-state index in [9.17, 15) is 4.79 Å². The van der Waals surface area contributed by atoms with Gasteiger partial charge in [-0.05, 0) is 11.1 Å². The third-order valence-corrected chi connectivity index (χ3v) is 3.63. The second-order valence-electron chi connectivity index (χ2n) is 5.12. The van der Waals surface area contributed by atoms with Gasteiger partial charge in [-0.3, -0.25) is 4.57 Å². The maximum atomic E-state index is 11.5. The molecule has 0 unspecified atom stereocenters. The first-order chi connectivity index (χ1) is 11.7. The van der Waals surface area contributed by atoms with E-state index in [2.05, 4.69) is 9.72 Å². The monoisotopic (exact) mass is 323 g/mol. The van der Waals surface area contributed by atoms with Gasteiger partial charge in [0, 0.05) is 0 Å². The fourth-order valence-electron chi connectivity index (χ4n) is 2.56. The molecule has 0 atom stereocenters. The van der Waals surface area contributed by atoms with Crippen LogP contribution in [0, 0.1) is 0 Å². The van der Waals surface area contributed by atoms with Gasteiger partial charge in [0.25, 0.3) is 5.88 Å². The van der Waals surface area contributed by atoms with E-state index in [1.807, 2.05) is 60.7 Å². The number of aromatic nitrogens is 2. The van der Waals surface area contributed by atoms with Crippen molar-refractivity contribution in [1.82, 2.24) is 9.55 Å². The molecule has 3 aromatic rings. The average Bonchev–Trinajstić information content (AvgIpc) is 2.98. The molecule has 24 heavy (non-hydrogen) atoms. The molecule has 6 nitrogen and oxygen atoms in total. The Labute approximate surface area is 139 Å². The Morgan fingerprint density at radius 1 is 1.04 bits per heavy atom. The number of carbonyl (C=O) groups is 1. The molecule has 0 bridgehead atoms. The second kappa shape index (κ2) is 6.87. The third kappa shape index (κ3) is 3.08. The number of benzene rings is 2. The Bertz CT molecular complexity index is 777. The summed E-state index contributed by atoms with van der Waals surface area (Å²) >= 11 is 0. The molecule has 3 rings (SSSR count). The number of imidazole rings is 1. The molecule has 0 spiro atoms. The number of nitrogens with zero attached hydrogens (tertiary/aromatic N) is 2. The summed E-state index contributed by atoms with van der Waals surface area (Å²) in [5.74, 6) is 0.275. The Morgan fingerprint density at radius 2 is 1.58 bits per heavy atom. The molecule has 1 aromatic heterocycles. The highest BCUT2D eigenvalue weighted by atomic mass is 16.7. The molecule has 1 heterocycles. The van der Waals surface area contributed by atoms with E-state index in [0.717, 1.165) is 11.1 Å². The van der Waals surface area contributed by atoms with Crippen molar-refractivity contribution < 1.29 is 14.3 Å². The summed E-state index contributed by atoms with van der Waals surface area (Å²) in [6.45, 7) is 0. The van der Waals surface area contributed by atoms with Gasteiger partial charge in [0.15, 0.2) is 5.82 Å². The minimum atomic E-state index is -0.844. The zero-order chi connectivity index (χ0) is 16.9. The SMILES string of the molecule is COC(=O)Oc1c(N)ncn1C(c1ccccc1)c1ccccc1. The molecule has 0 aliphatic rings. The van der Waals surface area contributed by atoms with Crippen molar-refractivity contribution >= 4 is 12.0 Å². The topological polar surface area (TPSA) is 79.4 Å². The molecule has 0 aliphatic heterocycles. The highest BCUT2D eigenvalue weighted by Gasteiger charge is 2.23.